The van der Waals surface area contributed by atoms with Crippen LogP contribution in [0.1, 0.15) is 70.7 Å². The summed E-state index contributed by atoms with van der Waals surface area (Å²) in [6, 6.07) is 12.5. The second-order valence-electron chi connectivity index (χ2n) is 9.83. The second-order valence-corrected chi connectivity index (χ2v) is 10.9. The highest BCUT2D eigenvalue weighted by atomic mass is 32.1. The van der Waals surface area contributed by atoms with Crippen molar-refractivity contribution in [2.24, 2.45) is 5.92 Å². The highest BCUT2D eigenvalue weighted by Gasteiger charge is 2.32. The number of rotatable bonds is 8. The Morgan fingerprint density at radius 1 is 0.923 bits per heavy atom. The molecule has 0 spiro atoms. The van der Waals surface area contributed by atoms with E-state index in [2.05, 4.69) is 27.3 Å². The summed E-state index contributed by atoms with van der Waals surface area (Å²) in [5, 5.41) is 2.13. The zero-order valence-corrected chi connectivity index (χ0v) is 25.4. The van der Waals surface area contributed by atoms with E-state index in [1.807, 2.05) is 61.1 Å². The van der Waals surface area contributed by atoms with Crippen LogP contribution in [0.4, 0.5) is 0 Å². The molecule has 0 N–H and O–H groups in total. The van der Waals surface area contributed by atoms with Crippen molar-refractivity contribution in [3.8, 4) is 0 Å². The van der Waals surface area contributed by atoms with E-state index in [-0.39, 0.29) is 17.6 Å². The van der Waals surface area contributed by atoms with E-state index in [1.165, 1.54) is 4.88 Å². The quantitative estimate of drug-likeness (QED) is 0.318. The number of ether oxygens (including phenoxy) is 1. The van der Waals surface area contributed by atoms with Crippen molar-refractivity contribution in [2.75, 3.05) is 39.9 Å². The standard InChI is InChI=1S/C27H36N4O3S.2C2H6/c1-34-18-5-13-30-24-7-2-3-8-25(24)31(27(30)33)22-11-16-29(17-12-22)26(32)21-9-14-28(15-10-21)20-23-6-4-19-35-23;2*1-2/h2-4,6-8,19,21-22H,5,9-18,20H2,1H3;2*1-2H3. The third-order valence-electron chi connectivity index (χ3n) is 7.64. The first kappa shape index (κ1) is 31.1. The summed E-state index contributed by atoms with van der Waals surface area (Å²) in [4.78, 5) is 32.6. The molecule has 2 aliphatic rings. The van der Waals surface area contributed by atoms with Gasteiger partial charge in [0.25, 0.3) is 0 Å². The Kier molecular flexibility index (Phi) is 12.8. The number of aryl methyl sites for hydroxylation is 1. The number of aromatic nitrogens is 2. The lowest BCUT2D eigenvalue weighted by molar-refractivity contribution is -0.138. The molecule has 2 aromatic heterocycles. The molecule has 0 unspecified atom stereocenters. The molecule has 1 aromatic carbocycles. The van der Waals surface area contributed by atoms with Crippen LogP contribution in [0.5, 0.6) is 0 Å². The molecule has 8 heteroatoms. The number of hydrogen-bond donors (Lipinski definition) is 0. The van der Waals surface area contributed by atoms with Gasteiger partial charge in [0, 0.05) is 56.7 Å². The molecule has 0 saturated carbocycles. The minimum atomic E-state index is 0.0604. The molecule has 2 fully saturated rings. The number of thiophene rings is 1. The van der Waals surface area contributed by atoms with Gasteiger partial charge in [0.15, 0.2) is 0 Å². The number of amides is 1. The molecule has 5 rings (SSSR count). The molecule has 0 aliphatic carbocycles. The summed E-state index contributed by atoms with van der Waals surface area (Å²) >= 11 is 1.80. The number of likely N-dealkylation sites (tertiary alicyclic amines) is 2. The van der Waals surface area contributed by atoms with Gasteiger partial charge in [0.2, 0.25) is 5.91 Å². The minimum absolute atomic E-state index is 0.0604. The molecule has 2 aliphatic heterocycles. The van der Waals surface area contributed by atoms with E-state index < -0.39 is 0 Å². The predicted molar refractivity (Wildman–Crippen MR) is 163 cm³/mol. The van der Waals surface area contributed by atoms with Crippen molar-refractivity contribution in [2.45, 2.75) is 78.9 Å². The maximum atomic E-state index is 13.4. The van der Waals surface area contributed by atoms with Gasteiger partial charge in [-0.3, -0.25) is 18.8 Å². The largest absolute Gasteiger partial charge is 0.385 e. The van der Waals surface area contributed by atoms with E-state index in [4.69, 9.17) is 4.74 Å². The molecule has 2 saturated heterocycles. The topological polar surface area (TPSA) is 59.7 Å². The number of fused-ring (bicyclic) bond motifs is 1. The Labute approximate surface area is 238 Å². The van der Waals surface area contributed by atoms with Crippen LogP contribution in [0, 0.1) is 5.92 Å². The lowest BCUT2D eigenvalue weighted by Gasteiger charge is -2.37. The lowest BCUT2D eigenvalue weighted by Crippen LogP contribution is -2.46. The predicted octanol–water partition coefficient (Wildman–Crippen LogP) is 6.03. The number of piperidine rings is 2. The summed E-state index contributed by atoms with van der Waals surface area (Å²) in [6.45, 7) is 13.7. The molecule has 39 heavy (non-hydrogen) atoms. The lowest BCUT2D eigenvalue weighted by atomic mass is 9.93. The maximum Gasteiger partial charge on any atom is 0.329 e. The van der Waals surface area contributed by atoms with Gasteiger partial charge in [-0.25, -0.2) is 4.79 Å². The summed E-state index contributed by atoms with van der Waals surface area (Å²) in [6.07, 6.45) is 4.35. The zero-order chi connectivity index (χ0) is 28.2. The van der Waals surface area contributed by atoms with Crippen LogP contribution in [0.2, 0.25) is 0 Å². The van der Waals surface area contributed by atoms with Gasteiger partial charge < -0.3 is 9.64 Å². The highest BCUT2D eigenvalue weighted by Crippen LogP contribution is 2.29. The number of methoxy groups -OCH3 is 1. The van der Waals surface area contributed by atoms with Crippen molar-refractivity contribution in [3.63, 3.8) is 0 Å². The van der Waals surface area contributed by atoms with E-state index in [0.29, 0.717) is 19.1 Å². The number of carbonyl (C=O) groups excluding carboxylic acids is 1. The second kappa shape index (κ2) is 16.0. The minimum Gasteiger partial charge on any atom is -0.385 e. The fourth-order valence-electron chi connectivity index (χ4n) is 5.73. The van der Waals surface area contributed by atoms with Gasteiger partial charge >= 0.3 is 5.69 Å². The first-order chi connectivity index (χ1) is 19.2. The summed E-state index contributed by atoms with van der Waals surface area (Å²) in [5.41, 5.74) is 2.05. The number of carbonyl (C=O) groups is 1. The smallest absolute Gasteiger partial charge is 0.329 e. The van der Waals surface area contributed by atoms with Gasteiger partial charge in [0.1, 0.15) is 0 Å². The fraction of sp³-hybridized carbons (Fsp3) is 0.613. The van der Waals surface area contributed by atoms with Gasteiger partial charge in [-0.2, -0.15) is 0 Å². The van der Waals surface area contributed by atoms with Crippen LogP contribution in [0.25, 0.3) is 11.0 Å². The molecule has 1 amide bonds. The Bertz CT molecular complexity index is 1170. The normalized spacial score (nSPS) is 16.9. The van der Waals surface area contributed by atoms with Crippen molar-refractivity contribution >= 4 is 28.3 Å². The Morgan fingerprint density at radius 3 is 2.21 bits per heavy atom. The van der Waals surface area contributed by atoms with Gasteiger partial charge in [-0.05, 0) is 68.8 Å². The molecule has 7 nitrogen and oxygen atoms in total. The first-order valence-electron chi connectivity index (χ1n) is 14.9. The van der Waals surface area contributed by atoms with E-state index in [1.54, 1.807) is 18.4 Å². The van der Waals surface area contributed by atoms with Crippen LogP contribution in [0.3, 0.4) is 0 Å². The maximum absolute atomic E-state index is 13.4. The molecule has 0 atom stereocenters. The molecule has 3 aromatic rings. The molecule has 0 radical (unpaired) electrons. The van der Waals surface area contributed by atoms with E-state index in [0.717, 1.165) is 75.9 Å². The van der Waals surface area contributed by atoms with Crippen molar-refractivity contribution in [1.82, 2.24) is 18.9 Å². The van der Waals surface area contributed by atoms with Crippen LogP contribution >= 0.6 is 11.3 Å². The average molecular weight is 557 g/mol. The van der Waals surface area contributed by atoms with Crippen LogP contribution in [-0.4, -0.2) is 64.7 Å². The van der Waals surface area contributed by atoms with Crippen LogP contribution in [-0.2, 0) is 22.6 Å². The number of hydrogen-bond acceptors (Lipinski definition) is 5. The highest BCUT2D eigenvalue weighted by molar-refractivity contribution is 7.09. The monoisotopic (exact) mass is 556 g/mol. The number of para-hydroxylation sites is 2. The first-order valence-corrected chi connectivity index (χ1v) is 15.8. The Hall–Kier alpha value is -2.42. The van der Waals surface area contributed by atoms with Crippen molar-refractivity contribution in [3.05, 3.63) is 57.1 Å². The molecular weight excluding hydrogens is 508 g/mol. The molecule has 4 heterocycles. The van der Waals surface area contributed by atoms with E-state index >= 15 is 0 Å². The van der Waals surface area contributed by atoms with Crippen LogP contribution < -0.4 is 5.69 Å². The third kappa shape index (κ3) is 7.62. The summed E-state index contributed by atoms with van der Waals surface area (Å²) in [7, 11) is 1.69. The third-order valence-corrected chi connectivity index (χ3v) is 8.50. The SMILES string of the molecule is CC.CC.COCCCn1c(=O)n(C2CCN(C(=O)C3CCN(Cc4cccs4)CC3)CC2)c2ccccc21. The summed E-state index contributed by atoms with van der Waals surface area (Å²) < 4.78 is 9.05. The van der Waals surface area contributed by atoms with Gasteiger partial charge in [-0.15, -0.1) is 11.3 Å². The van der Waals surface area contributed by atoms with Crippen molar-refractivity contribution in [1.29, 1.82) is 0 Å². The number of imidazole rings is 1. The van der Waals surface area contributed by atoms with Gasteiger partial charge in [0.05, 0.1) is 11.0 Å². The van der Waals surface area contributed by atoms with Crippen molar-refractivity contribution < 1.29 is 9.53 Å². The molecule has 216 valence electrons. The average Bonchev–Trinajstić information content (AvgIpc) is 3.61. The van der Waals surface area contributed by atoms with Crippen LogP contribution in [0.15, 0.2) is 46.6 Å². The number of benzene rings is 1. The zero-order valence-electron chi connectivity index (χ0n) is 24.6. The summed E-state index contributed by atoms with van der Waals surface area (Å²) in [5.74, 6) is 0.449. The Morgan fingerprint density at radius 2 is 1.59 bits per heavy atom. The van der Waals surface area contributed by atoms with E-state index in [9.17, 15) is 9.59 Å². The molecular formula is C31H48N4O3S. The fourth-order valence-corrected chi connectivity index (χ4v) is 6.48. The molecule has 0 bridgehead atoms. The number of nitrogens with zero attached hydrogens (tertiary/aromatic N) is 4. The Balaban J connectivity index is 0.00000100. The van der Waals surface area contributed by atoms with Gasteiger partial charge in [-0.1, -0.05) is 45.9 Å².